The highest BCUT2D eigenvalue weighted by Crippen LogP contribution is 2.32. The number of likely N-dealkylation sites (tertiary alicyclic amines) is 1. The Balaban J connectivity index is 1.44. The average Bonchev–Trinajstić information content (AvgIpc) is 3.53. The summed E-state index contributed by atoms with van der Waals surface area (Å²) in [4.78, 5) is 22.9. The third kappa shape index (κ3) is 3.14. The Bertz CT molecular complexity index is 1370. The minimum Gasteiger partial charge on any atom is -0.335 e. The second-order valence-corrected chi connectivity index (χ2v) is 7.83. The second kappa shape index (κ2) is 7.21. The van der Waals surface area contributed by atoms with Crippen molar-refractivity contribution in [2.75, 3.05) is 13.1 Å². The van der Waals surface area contributed by atoms with Crippen molar-refractivity contribution in [1.82, 2.24) is 40.0 Å². The van der Waals surface area contributed by atoms with E-state index in [9.17, 15) is 0 Å². The van der Waals surface area contributed by atoms with Crippen molar-refractivity contribution in [3.8, 4) is 22.8 Å². The fourth-order valence-electron chi connectivity index (χ4n) is 4.22. The smallest absolute Gasteiger partial charge is 0.161 e. The Morgan fingerprint density at radius 2 is 1.90 bits per heavy atom. The predicted molar refractivity (Wildman–Crippen MR) is 114 cm³/mol. The third-order valence-corrected chi connectivity index (χ3v) is 5.73. The monoisotopic (exact) mass is 414 g/mol. The topological polar surface area (TPSA) is 99.3 Å². The molecule has 2 N–H and O–H groups in total. The summed E-state index contributed by atoms with van der Waals surface area (Å²) < 4.78 is 15.7. The molecule has 0 bridgehead atoms. The van der Waals surface area contributed by atoms with Gasteiger partial charge < -0.3 is 4.98 Å². The van der Waals surface area contributed by atoms with E-state index in [1.165, 1.54) is 12.8 Å². The van der Waals surface area contributed by atoms with Crippen LogP contribution >= 0.6 is 0 Å². The van der Waals surface area contributed by atoms with Gasteiger partial charge in [-0.2, -0.15) is 5.10 Å². The molecule has 1 aliphatic heterocycles. The van der Waals surface area contributed by atoms with Gasteiger partial charge in [-0.05, 0) is 43.6 Å². The molecule has 1 saturated heterocycles. The number of hydrogen-bond acceptors (Lipinski definition) is 6. The van der Waals surface area contributed by atoms with Crippen molar-refractivity contribution in [2.24, 2.45) is 0 Å². The molecular formula is C22H19FN8. The minimum atomic E-state index is -0.444. The van der Waals surface area contributed by atoms with E-state index in [0.717, 1.165) is 36.2 Å². The van der Waals surface area contributed by atoms with Crippen molar-refractivity contribution >= 4 is 21.9 Å². The summed E-state index contributed by atoms with van der Waals surface area (Å²) in [6, 6.07) is 3.76. The molecule has 0 aliphatic carbocycles. The molecule has 0 atom stereocenters. The fourth-order valence-corrected chi connectivity index (χ4v) is 4.22. The van der Waals surface area contributed by atoms with Crippen LogP contribution in [0.15, 0.2) is 43.1 Å². The van der Waals surface area contributed by atoms with Crippen LogP contribution in [0.3, 0.4) is 0 Å². The molecule has 5 aromatic heterocycles. The Hall–Kier alpha value is -3.72. The Labute approximate surface area is 176 Å². The van der Waals surface area contributed by atoms with Gasteiger partial charge in [0.2, 0.25) is 0 Å². The number of hydrogen-bond donors (Lipinski definition) is 2. The first kappa shape index (κ1) is 18.1. The van der Waals surface area contributed by atoms with Gasteiger partial charge in [0.15, 0.2) is 11.6 Å². The zero-order chi connectivity index (χ0) is 20.8. The highest BCUT2D eigenvalue weighted by atomic mass is 19.1. The molecule has 6 heterocycles. The van der Waals surface area contributed by atoms with E-state index in [1.807, 2.05) is 12.3 Å². The number of rotatable bonds is 4. The van der Waals surface area contributed by atoms with Crippen LogP contribution in [0.4, 0.5) is 4.39 Å². The van der Waals surface area contributed by atoms with Gasteiger partial charge in [0.25, 0.3) is 0 Å². The molecule has 1 aliphatic rings. The van der Waals surface area contributed by atoms with Gasteiger partial charge >= 0.3 is 0 Å². The van der Waals surface area contributed by atoms with Gasteiger partial charge in [0.1, 0.15) is 11.4 Å². The number of halogens is 1. The summed E-state index contributed by atoms with van der Waals surface area (Å²) in [6.07, 6.45) is 10.9. The standard InChI is InChI=1S/C22H19FN8/c23-19-18-17(29-30-21(18)22-27-15-3-4-24-10-16(15)28-22)11-26-20(19)14-7-13(8-25-9-14)12-31-5-1-2-6-31/h3-4,7-11H,1-2,5-6,12H2,(H,27,28)(H,29,30). The van der Waals surface area contributed by atoms with E-state index in [0.29, 0.717) is 28.0 Å². The van der Waals surface area contributed by atoms with E-state index >= 15 is 4.39 Å². The molecule has 5 aromatic rings. The Morgan fingerprint density at radius 3 is 2.77 bits per heavy atom. The molecule has 0 saturated carbocycles. The number of imidazole rings is 1. The van der Waals surface area contributed by atoms with Crippen LogP contribution in [-0.2, 0) is 6.54 Å². The first-order valence-electron chi connectivity index (χ1n) is 10.3. The summed E-state index contributed by atoms with van der Waals surface area (Å²) >= 11 is 0. The molecule has 0 amide bonds. The van der Waals surface area contributed by atoms with Crippen molar-refractivity contribution in [2.45, 2.75) is 19.4 Å². The number of H-pyrrole nitrogens is 2. The molecule has 31 heavy (non-hydrogen) atoms. The SMILES string of the molecule is Fc1c(-c2cncc(CN3CCCC3)c2)ncc2[nH]nc(-c3nc4ccncc4[nH]3)c12. The van der Waals surface area contributed by atoms with Gasteiger partial charge in [-0.15, -0.1) is 0 Å². The van der Waals surface area contributed by atoms with E-state index in [1.54, 1.807) is 30.9 Å². The normalized spacial score (nSPS) is 14.7. The lowest BCUT2D eigenvalue weighted by atomic mass is 10.1. The minimum absolute atomic E-state index is 0.253. The average molecular weight is 414 g/mol. The third-order valence-electron chi connectivity index (χ3n) is 5.73. The van der Waals surface area contributed by atoms with Crippen LogP contribution in [0.25, 0.3) is 44.7 Å². The number of pyridine rings is 3. The lowest BCUT2D eigenvalue weighted by Crippen LogP contribution is -2.18. The molecule has 8 nitrogen and oxygen atoms in total. The Morgan fingerprint density at radius 1 is 1.00 bits per heavy atom. The van der Waals surface area contributed by atoms with E-state index in [2.05, 4.69) is 40.0 Å². The fraction of sp³-hybridized carbons (Fsp3) is 0.227. The molecule has 154 valence electrons. The Kier molecular flexibility index (Phi) is 4.20. The lowest BCUT2D eigenvalue weighted by molar-refractivity contribution is 0.331. The van der Waals surface area contributed by atoms with E-state index in [4.69, 9.17) is 0 Å². The first-order valence-corrected chi connectivity index (χ1v) is 10.3. The summed E-state index contributed by atoms with van der Waals surface area (Å²) in [5.41, 5.74) is 4.39. The zero-order valence-electron chi connectivity index (χ0n) is 16.6. The molecular weight excluding hydrogens is 395 g/mol. The maximum atomic E-state index is 15.7. The molecule has 0 aromatic carbocycles. The highest BCUT2D eigenvalue weighted by Gasteiger charge is 2.21. The van der Waals surface area contributed by atoms with Crippen molar-refractivity contribution < 1.29 is 4.39 Å². The molecule has 1 fully saturated rings. The molecule has 6 rings (SSSR count). The quantitative estimate of drug-likeness (QED) is 0.465. The van der Waals surface area contributed by atoms with Crippen molar-refractivity contribution in [3.63, 3.8) is 0 Å². The van der Waals surface area contributed by atoms with Crippen LogP contribution in [-0.4, -0.2) is 53.1 Å². The van der Waals surface area contributed by atoms with E-state index < -0.39 is 5.82 Å². The lowest BCUT2D eigenvalue weighted by Gasteiger charge is -2.14. The van der Waals surface area contributed by atoms with Crippen molar-refractivity contribution in [3.05, 3.63) is 54.5 Å². The van der Waals surface area contributed by atoms with Crippen LogP contribution in [0.5, 0.6) is 0 Å². The largest absolute Gasteiger partial charge is 0.335 e. The number of fused-ring (bicyclic) bond motifs is 2. The number of nitrogens with zero attached hydrogens (tertiary/aromatic N) is 6. The van der Waals surface area contributed by atoms with Crippen LogP contribution in [0.1, 0.15) is 18.4 Å². The van der Waals surface area contributed by atoms with Crippen molar-refractivity contribution in [1.29, 1.82) is 0 Å². The molecule has 0 radical (unpaired) electrons. The summed E-state index contributed by atoms with van der Waals surface area (Å²) in [5, 5.41) is 7.51. The number of aromatic amines is 2. The maximum Gasteiger partial charge on any atom is 0.161 e. The van der Waals surface area contributed by atoms with Crippen LogP contribution < -0.4 is 0 Å². The molecule has 0 spiro atoms. The van der Waals surface area contributed by atoms with Gasteiger partial charge in [-0.1, -0.05) is 0 Å². The highest BCUT2D eigenvalue weighted by molar-refractivity contribution is 5.95. The molecule has 9 heteroatoms. The summed E-state index contributed by atoms with van der Waals surface area (Å²) in [7, 11) is 0. The van der Waals surface area contributed by atoms with Gasteiger partial charge in [0, 0.05) is 30.7 Å². The number of aromatic nitrogens is 7. The zero-order valence-corrected chi connectivity index (χ0v) is 16.6. The summed E-state index contributed by atoms with van der Waals surface area (Å²) in [6.45, 7) is 3.00. The van der Waals surface area contributed by atoms with Gasteiger partial charge in [0.05, 0.1) is 34.3 Å². The number of nitrogens with one attached hydrogen (secondary N) is 2. The molecule has 0 unspecified atom stereocenters. The summed E-state index contributed by atoms with van der Waals surface area (Å²) in [5.74, 6) is 0.0335. The first-order chi connectivity index (χ1) is 15.3. The van der Waals surface area contributed by atoms with Gasteiger partial charge in [-0.3, -0.25) is 25.0 Å². The van der Waals surface area contributed by atoms with Crippen LogP contribution in [0.2, 0.25) is 0 Å². The van der Waals surface area contributed by atoms with E-state index in [-0.39, 0.29) is 5.69 Å². The second-order valence-electron chi connectivity index (χ2n) is 7.83. The maximum absolute atomic E-state index is 15.7. The van der Waals surface area contributed by atoms with Crippen LogP contribution in [0, 0.1) is 5.82 Å². The predicted octanol–water partition coefficient (Wildman–Crippen LogP) is 3.69. The van der Waals surface area contributed by atoms with Gasteiger partial charge in [-0.25, -0.2) is 9.37 Å².